The van der Waals surface area contributed by atoms with E-state index in [2.05, 4.69) is 37.9 Å². The maximum atomic E-state index is 12.5. The van der Waals surface area contributed by atoms with E-state index in [-0.39, 0.29) is 12.3 Å². The Hall–Kier alpha value is -4.82. The highest BCUT2D eigenvalue weighted by atomic mass is 35.5. The second-order valence-corrected chi connectivity index (χ2v) is 15.6. The molecule has 60 heavy (non-hydrogen) atoms. The number of nitrogens with zero attached hydrogens (tertiary/aromatic N) is 4. The zero-order valence-electron chi connectivity index (χ0n) is 30.9. The van der Waals surface area contributed by atoms with Crippen molar-refractivity contribution in [2.75, 3.05) is 51.6 Å². The number of carbonyl (C=O) groups is 3. The highest BCUT2D eigenvalue weighted by Crippen LogP contribution is 2.36. The summed E-state index contributed by atoms with van der Waals surface area (Å²) in [5.74, 6) is -7.75. The lowest BCUT2D eigenvalue weighted by molar-refractivity contribution is -0.193. The minimum absolute atomic E-state index is 0.0440. The number of alkyl halides is 9. The first kappa shape index (κ1) is 51.3. The Kier molecular flexibility index (Phi) is 19.4. The van der Waals surface area contributed by atoms with Crippen LogP contribution in [0.5, 0.6) is 0 Å². The molecule has 0 unspecified atom stereocenters. The van der Waals surface area contributed by atoms with E-state index in [1.807, 2.05) is 48.5 Å². The molecule has 0 saturated carbocycles. The number of likely N-dealkylation sites (N-methyl/N-ethyl adjacent to an activating group) is 1. The van der Waals surface area contributed by atoms with Crippen LogP contribution in [0.3, 0.4) is 0 Å². The van der Waals surface area contributed by atoms with Crippen LogP contribution in [-0.4, -0.2) is 126 Å². The molecule has 0 radical (unpaired) electrons. The van der Waals surface area contributed by atoms with Gasteiger partial charge in [0.1, 0.15) is 5.69 Å². The number of carboxylic acids is 3. The first-order valence-electron chi connectivity index (χ1n) is 16.8. The Bertz CT molecular complexity index is 2080. The summed E-state index contributed by atoms with van der Waals surface area (Å²) in [6.45, 7) is 6.56. The molecule has 0 amide bonds. The lowest BCUT2D eigenvalue weighted by Crippen LogP contribution is -2.44. The number of fused-ring (bicyclic) bond motifs is 1. The third-order valence-corrected chi connectivity index (χ3v) is 10.2. The van der Waals surface area contributed by atoms with Gasteiger partial charge in [0.15, 0.2) is 0 Å². The molecule has 4 aromatic rings. The quantitative estimate of drug-likeness (QED) is 0.0799. The highest BCUT2D eigenvalue weighted by molar-refractivity contribution is 7.88. The summed E-state index contributed by atoms with van der Waals surface area (Å²) in [6, 6.07) is 17.2. The van der Waals surface area contributed by atoms with Crippen LogP contribution in [-0.2, 0) is 36.7 Å². The molecular weight excluding hydrogens is 891 g/mol. The molecule has 5 N–H and O–H groups in total. The molecule has 3 heterocycles. The third-order valence-electron chi connectivity index (χ3n) is 7.52. The van der Waals surface area contributed by atoms with Crippen molar-refractivity contribution in [2.45, 2.75) is 37.2 Å². The summed E-state index contributed by atoms with van der Waals surface area (Å²) >= 11 is 8.08. The lowest BCUT2D eigenvalue weighted by atomic mass is 10.1. The number of piperazine rings is 1. The standard InChI is InChI=1S/C28H33ClN6O2S2.3C2HF3O2/c1-34-12-14-35(15-13-34)11-5-10-30-28-31-19-24(29)27(33-28)26-17-23-9-8-22(16-25(23)38-26)18-32-39(36,37)20-21-6-3-2-4-7-21;3*3-2(4,5)1(6)7/h2-4,6-9,16-17,19,32H,5,10-15,18,20H2,1H3,(H,30,31,33);3*(H,6,7). The molecule has 1 saturated heterocycles. The van der Waals surface area contributed by atoms with Gasteiger partial charge in [0.05, 0.1) is 21.8 Å². The molecule has 1 aliphatic rings. The van der Waals surface area contributed by atoms with Gasteiger partial charge in [-0.05, 0) is 48.7 Å². The Morgan fingerprint density at radius 2 is 1.35 bits per heavy atom. The van der Waals surface area contributed by atoms with Crippen LogP contribution in [0.15, 0.2) is 60.8 Å². The van der Waals surface area contributed by atoms with Crippen LogP contribution >= 0.6 is 22.9 Å². The first-order chi connectivity index (χ1) is 27.7. The van der Waals surface area contributed by atoms with Gasteiger partial charge >= 0.3 is 36.4 Å². The number of halogens is 10. The van der Waals surface area contributed by atoms with Crippen molar-refractivity contribution in [3.63, 3.8) is 0 Å². The van der Waals surface area contributed by atoms with Crippen LogP contribution in [0.25, 0.3) is 20.7 Å². The van der Waals surface area contributed by atoms with Gasteiger partial charge in [0, 0.05) is 44.0 Å². The van der Waals surface area contributed by atoms with Gasteiger partial charge in [-0.15, -0.1) is 11.3 Å². The molecule has 0 spiro atoms. The molecule has 1 fully saturated rings. The summed E-state index contributed by atoms with van der Waals surface area (Å²) in [6.07, 6.45) is -12.6. The second kappa shape index (κ2) is 22.7. The molecule has 5 rings (SSSR count). The van der Waals surface area contributed by atoms with Gasteiger partial charge in [-0.1, -0.05) is 54.1 Å². The van der Waals surface area contributed by atoms with E-state index < -0.39 is 46.5 Å². The third kappa shape index (κ3) is 19.1. The zero-order chi connectivity index (χ0) is 45.5. The predicted octanol–water partition coefficient (Wildman–Crippen LogP) is 6.58. The van der Waals surface area contributed by atoms with Gasteiger partial charge < -0.3 is 30.4 Å². The average molecular weight is 927 g/mol. The molecule has 26 heteroatoms. The summed E-state index contributed by atoms with van der Waals surface area (Å²) in [5.41, 5.74) is 2.34. The first-order valence-corrected chi connectivity index (χ1v) is 19.6. The number of carboxylic acid groups (broad SMARTS) is 3. The van der Waals surface area contributed by atoms with E-state index in [0.717, 1.165) is 71.8 Å². The van der Waals surface area contributed by atoms with E-state index in [9.17, 15) is 47.9 Å². The molecule has 14 nitrogen and oxygen atoms in total. The summed E-state index contributed by atoms with van der Waals surface area (Å²) < 4.78 is 124. The van der Waals surface area contributed by atoms with E-state index in [4.69, 9.17) is 46.3 Å². The van der Waals surface area contributed by atoms with Crippen molar-refractivity contribution in [2.24, 2.45) is 0 Å². The topological polar surface area (TPSA) is 202 Å². The van der Waals surface area contributed by atoms with Crippen molar-refractivity contribution in [3.05, 3.63) is 76.9 Å². The fraction of sp³-hybridized carbons (Fsp3) is 0.382. The van der Waals surface area contributed by atoms with Gasteiger partial charge in [0.25, 0.3) is 0 Å². The smallest absolute Gasteiger partial charge is 0.475 e. The highest BCUT2D eigenvalue weighted by Gasteiger charge is 2.39. The van der Waals surface area contributed by atoms with Gasteiger partial charge in [-0.25, -0.2) is 37.5 Å². The fourth-order valence-electron chi connectivity index (χ4n) is 4.54. The SMILES string of the molecule is CN1CCN(CCCNc2ncc(Cl)c(-c3cc4ccc(CNS(=O)(=O)Cc5ccccc5)cc4s3)n2)CC1.O=C(O)C(F)(F)F.O=C(O)C(F)(F)F.O=C(O)C(F)(F)F. The van der Waals surface area contributed by atoms with Crippen LogP contribution in [0, 0.1) is 0 Å². The predicted molar refractivity (Wildman–Crippen MR) is 202 cm³/mol. The van der Waals surface area contributed by atoms with Gasteiger partial charge in [0.2, 0.25) is 16.0 Å². The zero-order valence-corrected chi connectivity index (χ0v) is 33.3. The summed E-state index contributed by atoms with van der Waals surface area (Å²) in [5, 5.41) is 26.3. The Morgan fingerprint density at radius 3 is 1.87 bits per heavy atom. The lowest BCUT2D eigenvalue weighted by Gasteiger charge is -2.32. The van der Waals surface area contributed by atoms with Crippen LogP contribution in [0.2, 0.25) is 5.02 Å². The number of benzene rings is 2. The number of nitrogens with one attached hydrogen (secondary N) is 2. The van der Waals surface area contributed by atoms with Crippen molar-refractivity contribution >= 4 is 66.9 Å². The monoisotopic (exact) mass is 926 g/mol. The molecule has 332 valence electrons. The number of sulfonamides is 1. The number of aliphatic carboxylic acids is 3. The maximum absolute atomic E-state index is 12.5. The average Bonchev–Trinajstić information content (AvgIpc) is 3.57. The van der Waals surface area contributed by atoms with Crippen molar-refractivity contribution in [3.8, 4) is 10.6 Å². The second-order valence-electron chi connectivity index (χ2n) is 12.3. The van der Waals surface area contributed by atoms with Crippen LogP contribution in [0.1, 0.15) is 17.5 Å². The molecule has 0 bridgehead atoms. The van der Waals surface area contributed by atoms with Gasteiger partial charge in [-0.3, -0.25) is 0 Å². The minimum Gasteiger partial charge on any atom is -0.475 e. The number of hydrogen-bond acceptors (Lipinski definition) is 11. The van der Waals surface area contributed by atoms with E-state index in [0.29, 0.717) is 16.7 Å². The number of hydrogen-bond donors (Lipinski definition) is 5. The number of aromatic nitrogens is 2. The Morgan fingerprint density at radius 1 is 0.817 bits per heavy atom. The van der Waals surface area contributed by atoms with E-state index in [1.54, 1.807) is 17.5 Å². The van der Waals surface area contributed by atoms with Crippen molar-refractivity contribution in [1.82, 2.24) is 24.5 Å². The Labute approximate surface area is 344 Å². The van der Waals surface area contributed by atoms with Gasteiger partial charge in [-0.2, -0.15) is 39.5 Å². The molecule has 2 aromatic carbocycles. The normalized spacial score (nSPS) is 13.8. The van der Waals surface area contributed by atoms with Crippen molar-refractivity contribution in [1.29, 1.82) is 0 Å². The minimum atomic E-state index is -5.08. The number of rotatable bonds is 11. The van der Waals surface area contributed by atoms with E-state index >= 15 is 0 Å². The van der Waals surface area contributed by atoms with Crippen molar-refractivity contribution < 1.29 is 77.6 Å². The maximum Gasteiger partial charge on any atom is 0.490 e. The summed E-state index contributed by atoms with van der Waals surface area (Å²) in [4.78, 5) is 41.6. The molecule has 2 aromatic heterocycles. The summed E-state index contributed by atoms with van der Waals surface area (Å²) in [7, 11) is -1.28. The fourth-order valence-corrected chi connectivity index (χ4v) is 7.04. The number of thiophene rings is 1. The molecule has 1 aliphatic heterocycles. The van der Waals surface area contributed by atoms with E-state index in [1.165, 1.54) is 0 Å². The number of anilines is 1. The molecule has 0 aliphatic carbocycles. The molecular formula is C34H36ClF9N6O8S2. The Balaban J connectivity index is 0.000000485. The molecule has 0 atom stereocenters. The van der Waals surface area contributed by atoms with Crippen LogP contribution in [0.4, 0.5) is 45.5 Å². The largest absolute Gasteiger partial charge is 0.490 e. The van der Waals surface area contributed by atoms with Crippen LogP contribution < -0.4 is 10.0 Å².